The van der Waals surface area contributed by atoms with Crippen molar-refractivity contribution in [3.8, 4) is 5.75 Å². The summed E-state index contributed by atoms with van der Waals surface area (Å²) >= 11 is 8.49. The summed E-state index contributed by atoms with van der Waals surface area (Å²) in [6.07, 6.45) is 0. The van der Waals surface area contributed by atoms with E-state index in [-0.39, 0.29) is 0 Å². The van der Waals surface area contributed by atoms with Crippen molar-refractivity contribution < 1.29 is 4.74 Å². The zero-order valence-electron chi connectivity index (χ0n) is 9.17. The summed E-state index contributed by atoms with van der Waals surface area (Å²) in [5.74, 6) is 0.762. The highest BCUT2D eigenvalue weighted by Gasteiger charge is 2.07. The second kappa shape index (κ2) is 5.42. The van der Waals surface area contributed by atoms with Gasteiger partial charge in [-0.3, -0.25) is 0 Å². The third-order valence-corrected chi connectivity index (χ3v) is 4.38. The standard InChI is InChI=1S/C12H11Br2NOS/c1-7-2-8(13)4-11(15)12(7)16-5-10-3-9(14)6-17-10/h2-4,6H,5,15H2,1H3. The molecule has 2 N–H and O–H groups in total. The van der Waals surface area contributed by atoms with Gasteiger partial charge in [0.25, 0.3) is 0 Å². The topological polar surface area (TPSA) is 35.2 Å². The number of aryl methyl sites for hydroxylation is 1. The Bertz CT molecular complexity index is 516. The first kappa shape index (κ1) is 12.9. The Morgan fingerprint density at radius 1 is 1.24 bits per heavy atom. The van der Waals surface area contributed by atoms with Crippen molar-refractivity contribution in [3.63, 3.8) is 0 Å². The molecule has 0 saturated heterocycles. The number of nitrogens with two attached hydrogens (primary N) is 1. The van der Waals surface area contributed by atoms with Crippen LogP contribution in [0.3, 0.4) is 0 Å². The van der Waals surface area contributed by atoms with E-state index in [1.165, 1.54) is 4.88 Å². The number of ether oxygens (including phenoxy) is 1. The Morgan fingerprint density at radius 3 is 2.59 bits per heavy atom. The highest BCUT2D eigenvalue weighted by Crippen LogP contribution is 2.31. The molecule has 1 aromatic carbocycles. The molecule has 17 heavy (non-hydrogen) atoms. The van der Waals surface area contributed by atoms with Crippen molar-refractivity contribution in [1.29, 1.82) is 0 Å². The lowest BCUT2D eigenvalue weighted by Crippen LogP contribution is -1.99. The zero-order chi connectivity index (χ0) is 12.4. The Kier molecular flexibility index (Phi) is 4.12. The van der Waals surface area contributed by atoms with Gasteiger partial charge >= 0.3 is 0 Å². The van der Waals surface area contributed by atoms with E-state index >= 15 is 0 Å². The third kappa shape index (κ3) is 3.24. The van der Waals surface area contributed by atoms with Crippen LogP contribution in [-0.2, 0) is 6.61 Å². The smallest absolute Gasteiger partial charge is 0.145 e. The first-order valence-corrected chi connectivity index (χ1v) is 7.44. The molecule has 2 aromatic rings. The molecule has 0 aliphatic rings. The Morgan fingerprint density at radius 2 is 2.00 bits per heavy atom. The molecule has 0 saturated carbocycles. The Labute approximate surface area is 121 Å². The number of hydrogen-bond acceptors (Lipinski definition) is 3. The summed E-state index contributed by atoms with van der Waals surface area (Å²) in [6, 6.07) is 5.90. The van der Waals surface area contributed by atoms with E-state index in [1.54, 1.807) is 11.3 Å². The molecule has 1 heterocycles. The number of thiophene rings is 1. The second-order valence-corrected chi connectivity index (χ2v) is 6.49. The summed E-state index contributed by atoms with van der Waals surface area (Å²) in [4.78, 5) is 1.17. The van der Waals surface area contributed by atoms with E-state index in [4.69, 9.17) is 10.5 Å². The van der Waals surface area contributed by atoms with Crippen molar-refractivity contribution in [2.75, 3.05) is 5.73 Å². The van der Waals surface area contributed by atoms with Gasteiger partial charge in [0.1, 0.15) is 12.4 Å². The zero-order valence-corrected chi connectivity index (χ0v) is 13.2. The predicted octanol–water partition coefficient (Wildman–Crippen LogP) is 4.74. The van der Waals surface area contributed by atoms with Gasteiger partial charge in [0.2, 0.25) is 0 Å². The number of benzene rings is 1. The van der Waals surface area contributed by atoms with Gasteiger partial charge in [0, 0.05) is 19.2 Å². The first-order valence-electron chi connectivity index (χ1n) is 4.97. The fourth-order valence-electron chi connectivity index (χ4n) is 1.53. The van der Waals surface area contributed by atoms with E-state index in [0.29, 0.717) is 12.3 Å². The van der Waals surface area contributed by atoms with Gasteiger partial charge in [-0.25, -0.2) is 0 Å². The van der Waals surface area contributed by atoms with Crippen LogP contribution in [-0.4, -0.2) is 0 Å². The van der Waals surface area contributed by atoms with Gasteiger partial charge in [0.05, 0.1) is 5.69 Å². The SMILES string of the molecule is Cc1cc(Br)cc(N)c1OCc1cc(Br)cs1. The third-order valence-electron chi connectivity index (χ3n) is 2.25. The lowest BCUT2D eigenvalue weighted by atomic mass is 10.2. The van der Waals surface area contributed by atoms with Crippen molar-refractivity contribution >= 4 is 48.9 Å². The van der Waals surface area contributed by atoms with E-state index in [0.717, 1.165) is 20.3 Å². The molecule has 0 bridgehead atoms. The lowest BCUT2D eigenvalue weighted by molar-refractivity contribution is 0.309. The normalized spacial score (nSPS) is 10.5. The molecule has 0 fully saturated rings. The summed E-state index contributed by atoms with van der Waals surface area (Å²) in [5, 5.41) is 2.04. The maximum atomic E-state index is 5.93. The van der Waals surface area contributed by atoms with Crippen molar-refractivity contribution in [1.82, 2.24) is 0 Å². The second-order valence-electron chi connectivity index (χ2n) is 3.66. The minimum atomic E-state index is 0.545. The van der Waals surface area contributed by atoms with Gasteiger partial charge < -0.3 is 10.5 Å². The minimum absolute atomic E-state index is 0.545. The summed E-state index contributed by atoms with van der Waals surface area (Å²) in [6.45, 7) is 2.53. The quantitative estimate of drug-likeness (QED) is 0.785. The van der Waals surface area contributed by atoms with Crippen LogP contribution < -0.4 is 10.5 Å². The van der Waals surface area contributed by atoms with Crippen molar-refractivity contribution in [2.45, 2.75) is 13.5 Å². The van der Waals surface area contributed by atoms with E-state index in [2.05, 4.69) is 37.9 Å². The molecule has 0 aliphatic carbocycles. The molecule has 0 radical (unpaired) electrons. The molecule has 90 valence electrons. The molecule has 0 spiro atoms. The van der Waals surface area contributed by atoms with Gasteiger partial charge in [0.15, 0.2) is 0 Å². The lowest BCUT2D eigenvalue weighted by Gasteiger charge is -2.11. The van der Waals surface area contributed by atoms with E-state index in [1.807, 2.05) is 24.4 Å². The summed E-state index contributed by atoms with van der Waals surface area (Å²) < 4.78 is 7.82. The molecular formula is C12H11Br2NOS. The largest absolute Gasteiger partial charge is 0.486 e. The number of nitrogen functional groups attached to an aromatic ring is 1. The van der Waals surface area contributed by atoms with E-state index < -0.39 is 0 Å². The van der Waals surface area contributed by atoms with Crippen LogP contribution >= 0.6 is 43.2 Å². The van der Waals surface area contributed by atoms with Gasteiger partial charge in [-0.1, -0.05) is 15.9 Å². The molecule has 5 heteroatoms. The van der Waals surface area contributed by atoms with Gasteiger partial charge in [-0.15, -0.1) is 11.3 Å². The molecule has 0 aliphatic heterocycles. The molecule has 2 rings (SSSR count). The van der Waals surface area contributed by atoms with Crippen LogP contribution in [0.1, 0.15) is 10.4 Å². The average molecular weight is 377 g/mol. The van der Waals surface area contributed by atoms with Crippen LogP contribution in [0.25, 0.3) is 0 Å². The molecule has 2 nitrogen and oxygen atoms in total. The summed E-state index contributed by atoms with van der Waals surface area (Å²) in [5.41, 5.74) is 7.63. The predicted molar refractivity (Wildman–Crippen MR) is 79.6 cm³/mol. The highest BCUT2D eigenvalue weighted by atomic mass is 79.9. The number of anilines is 1. The summed E-state index contributed by atoms with van der Waals surface area (Å²) in [7, 11) is 0. The van der Waals surface area contributed by atoms with Crippen LogP contribution in [0.2, 0.25) is 0 Å². The minimum Gasteiger partial charge on any atom is -0.486 e. The molecule has 0 atom stereocenters. The fraction of sp³-hybridized carbons (Fsp3) is 0.167. The first-order chi connectivity index (χ1) is 8.06. The number of hydrogen-bond donors (Lipinski definition) is 1. The molecule has 1 aromatic heterocycles. The van der Waals surface area contributed by atoms with Crippen LogP contribution in [0.4, 0.5) is 5.69 Å². The fourth-order valence-corrected chi connectivity index (χ4v) is 3.48. The van der Waals surface area contributed by atoms with E-state index in [9.17, 15) is 0 Å². The van der Waals surface area contributed by atoms with Crippen molar-refractivity contribution in [3.05, 3.63) is 43.0 Å². The maximum absolute atomic E-state index is 5.93. The van der Waals surface area contributed by atoms with Gasteiger partial charge in [-0.2, -0.15) is 0 Å². The molecule has 0 unspecified atom stereocenters. The highest BCUT2D eigenvalue weighted by molar-refractivity contribution is 9.10. The molecule has 0 amide bonds. The molecular weight excluding hydrogens is 366 g/mol. The average Bonchev–Trinajstić information content (AvgIpc) is 2.62. The maximum Gasteiger partial charge on any atom is 0.145 e. The van der Waals surface area contributed by atoms with Crippen LogP contribution in [0.15, 0.2) is 32.5 Å². The number of rotatable bonds is 3. The number of halogens is 2. The monoisotopic (exact) mass is 375 g/mol. The van der Waals surface area contributed by atoms with Crippen molar-refractivity contribution in [2.24, 2.45) is 0 Å². The van der Waals surface area contributed by atoms with Gasteiger partial charge in [-0.05, 0) is 46.6 Å². The Balaban J connectivity index is 2.14. The van der Waals surface area contributed by atoms with Crippen LogP contribution in [0, 0.1) is 6.92 Å². The van der Waals surface area contributed by atoms with Crippen LogP contribution in [0.5, 0.6) is 5.75 Å². The Hall–Kier alpha value is -0.520.